The lowest BCUT2D eigenvalue weighted by Gasteiger charge is -2.12. The van der Waals surface area contributed by atoms with Gasteiger partial charge < -0.3 is 4.57 Å². The van der Waals surface area contributed by atoms with Crippen LogP contribution in [0.1, 0.15) is 33.6 Å². The van der Waals surface area contributed by atoms with E-state index in [2.05, 4.69) is 10.5 Å². The third-order valence-electron chi connectivity index (χ3n) is 5.11. The van der Waals surface area contributed by atoms with Gasteiger partial charge in [-0.25, -0.2) is 5.43 Å². The van der Waals surface area contributed by atoms with E-state index in [4.69, 9.17) is 0 Å². The van der Waals surface area contributed by atoms with Crippen molar-refractivity contribution in [3.05, 3.63) is 92.3 Å². The molecule has 0 saturated heterocycles. The molecule has 0 aliphatic carbocycles. The van der Waals surface area contributed by atoms with E-state index < -0.39 is 22.6 Å². The molecule has 0 fully saturated rings. The Hall–Kier alpha value is -3.95. The summed E-state index contributed by atoms with van der Waals surface area (Å²) in [4.78, 5) is 22.6. The van der Waals surface area contributed by atoms with Gasteiger partial charge in [0.25, 0.3) is 5.69 Å². The van der Waals surface area contributed by atoms with Gasteiger partial charge in [-0.05, 0) is 50.1 Å². The van der Waals surface area contributed by atoms with Crippen molar-refractivity contribution < 1.29 is 22.9 Å². The highest BCUT2D eigenvalue weighted by molar-refractivity contribution is 5.85. The monoisotopic (exact) mass is 458 g/mol. The average molecular weight is 458 g/mol. The van der Waals surface area contributed by atoms with Crippen molar-refractivity contribution in [2.75, 3.05) is 0 Å². The molecule has 0 spiro atoms. The maximum Gasteiger partial charge on any atom is 0.416 e. The van der Waals surface area contributed by atoms with Crippen LogP contribution in [0.3, 0.4) is 0 Å². The van der Waals surface area contributed by atoms with Gasteiger partial charge in [0.2, 0.25) is 5.91 Å². The Labute approximate surface area is 187 Å². The third kappa shape index (κ3) is 5.46. The fourth-order valence-electron chi connectivity index (χ4n) is 3.55. The molecule has 7 nitrogen and oxygen atoms in total. The van der Waals surface area contributed by atoms with E-state index >= 15 is 0 Å². The molecule has 172 valence electrons. The number of carbonyl (C=O) groups is 1. The van der Waals surface area contributed by atoms with Gasteiger partial charge in [-0.2, -0.15) is 18.3 Å². The van der Waals surface area contributed by atoms with Crippen LogP contribution in [0.15, 0.2) is 53.6 Å². The van der Waals surface area contributed by atoms with Crippen LogP contribution in [0.5, 0.6) is 0 Å². The summed E-state index contributed by atoms with van der Waals surface area (Å²) in [6.07, 6.45) is -3.28. The van der Waals surface area contributed by atoms with Crippen LogP contribution in [0.2, 0.25) is 0 Å². The summed E-state index contributed by atoms with van der Waals surface area (Å²) in [5.74, 6) is -0.550. The van der Waals surface area contributed by atoms with Crippen LogP contribution >= 0.6 is 0 Å². The second-order valence-corrected chi connectivity index (χ2v) is 7.56. The van der Waals surface area contributed by atoms with Crippen molar-refractivity contribution in [2.45, 2.75) is 33.4 Å². The first-order chi connectivity index (χ1) is 15.5. The molecule has 2 aromatic carbocycles. The Morgan fingerprint density at radius 3 is 2.52 bits per heavy atom. The normalized spacial score (nSPS) is 11.7. The summed E-state index contributed by atoms with van der Waals surface area (Å²) in [5, 5.41) is 14.9. The minimum Gasteiger partial charge on any atom is -0.318 e. The molecule has 3 aromatic rings. The second-order valence-electron chi connectivity index (χ2n) is 7.56. The SMILES string of the molecule is Cc1cc([N+](=O)[O-])ccc1-n1c(C)cc(/C=N\NC(=O)Cc2cccc(C(F)(F)F)c2)c1C. The molecule has 1 N–H and O–H groups in total. The number of aromatic nitrogens is 1. The molecule has 0 radical (unpaired) electrons. The molecule has 1 aromatic heterocycles. The van der Waals surface area contributed by atoms with E-state index in [1.807, 2.05) is 24.5 Å². The molecule has 0 saturated carbocycles. The number of nitrogens with one attached hydrogen (secondary N) is 1. The van der Waals surface area contributed by atoms with Gasteiger partial charge in [0, 0.05) is 34.8 Å². The van der Waals surface area contributed by atoms with E-state index in [9.17, 15) is 28.1 Å². The predicted molar refractivity (Wildman–Crippen MR) is 118 cm³/mol. The largest absolute Gasteiger partial charge is 0.416 e. The number of carbonyl (C=O) groups excluding carboxylic acids is 1. The molecule has 0 aliphatic rings. The minimum atomic E-state index is -4.48. The van der Waals surface area contributed by atoms with Crippen molar-refractivity contribution in [1.82, 2.24) is 9.99 Å². The van der Waals surface area contributed by atoms with Gasteiger partial charge in [0.1, 0.15) is 0 Å². The van der Waals surface area contributed by atoms with Gasteiger partial charge >= 0.3 is 6.18 Å². The summed E-state index contributed by atoms with van der Waals surface area (Å²) >= 11 is 0. The fourth-order valence-corrected chi connectivity index (χ4v) is 3.55. The van der Waals surface area contributed by atoms with Crippen LogP contribution < -0.4 is 5.43 Å². The molecule has 0 unspecified atom stereocenters. The van der Waals surface area contributed by atoms with Crippen molar-refractivity contribution in [1.29, 1.82) is 0 Å². The number of halogens is 3. The second kappa shape index (κ2) is 9.27. The fraction of sp³-hybridized carbons (Fsp3) is 0.217. The Balaban J connectivity index is 1.73. The molecule has 0 aliphatic heterocycles. The molecule has 0 bridgehead atoms. The van der Waals surface area contributed by atoms with Gasteiger partial charge in [0.05, 0.1) is 23.1 Å². The Morgan fingerprint density at radius 2 is 1.88 bits per heavy atom. The molecule has 1 heterocycles. The number of hydrogen-bond acceptors (Lipinski definition) is 4. The zero-order valence-electron chi connectivity index (χ0n) is 18.1. The van der Waals surface area contributed by atoms with E-state index in [1.165, 1.54) is 30.5 Å². The smallest absolute Gasteiger partial charge is 0.318 e. The van der Waals surface area contributed by atoms with Gasteiger partial charge in [-0.15, -0.1) is 0 Å². The van der Waals surface area contributed by atoms with Crippen molar-refractivity contribution in [3.63, 3.8) is 0 Å². The Morgan fingerprint density at radius 1 is 1.15 bits per heavy atom. The first-order valence-electron chi connectivity index (χ1n) is 9.89. The van der Waals surface area contributed by atoms with Crippen molar-refractivity contribution >= 4 is 17.8 Å². The highest BCUT2D eigenvalue weighted by Gasteiger charge is 2.30. The van der Waals surface area contributed by atoms with Gasteiger partial charge in [-0.3, -0.25) is 14.9 Å². The van der Waals surface area contributed by atoms with Crippen LogP contribution in [0.25, 0.3) is 5.69 Å². The molecule has 33 heavy (non-hydrogen) atoms. The number of benzene rings is 2. The lowest BCUT2D eigenvalue weighted by atomic mass is 10.1. The zero-order valence-corrected chi connectivity index (χ0v) is 18.1. The van der Waals surface area contributed by atoms with E-state index in [0.29, 0.717) is 5.56 Å². The number of amides is 1. The number of nitrogens with zero attached hydrogens (tertiary/aromatic N) is 3. The minimum absolute atomic E-state index is 0.00369. The number of alkyl halides is 3. The highest BCUT2D eigenvalue weighted by Crippen LogP contribution is 2.29. The van der Waals surface area contributed by atoms with Crippen LogP contribution in [0.4, 0.5) is 18.9 Å². The summed E-state index contributed by atoms with van der Waals surface area (Å²) in [6, 6.07) is 11.0. The molecular formula is C23H21F3N4O3. The Kier molecular flexibility index (Phi) is 6.66. The highest BCUT2D eigenvalue weighted by atomic mass is 19.4. The average Bonchev–Trinajstić information content (AvgIpc) is 3.00. The molecular weight excluding hydrogens is 437 g/mol. The number of rotatable bonds is 6. The van der Waals surface area contributed by atoms with Gasteiger partial charge in [0.15, 0.2) is 0 Å². The summed E-state index contributed by atoms with van der Waals surface area (Å²) in [5.41, 5.74) is 5.63. The summed E-state index contributed by atoms with van der Waals surface area (Å²) < 4.78 is 40.4. The maximum atomic E-state index is 12.8. The number of non-ortho nitro benzene ring substituents is 1. The van der Waals surface area contributed by atoms with Crippen LogP contribution in [0, 0.1) is 30.9 Å². The van der Waals surface area contributed by atoms with Crippen LogP contribution in [-0.2, 0) is 17.4 Å². The third-order valence-corrected chi connectivity index (χ3v) is 5.11. The standard InChI is InChI=1S/C23H21F3N4O3/c1-14-9-20(30(32)33)7-8-21(14)29-15(2)10-18(16(29)3)13-27-28-22(31)12-17-5-4-6-19(11-17)23(24,25)26/h4-11,13H,12H2,1-3H3,(H,28,31)/b27-13-. The molecule has 1 amide bonds. The quantitative estimate of drug-likeness (QED) is 0.319. The lowest BCUT2D eigenvalue weighted by molar-refractivity contribution is -0.384. The first kappa shape index (κ1) is 23.7. The van der Waals surface area contributed by atoms with E-state index in [-0.39, 0.29) is 17.7 Å². The number of hydrazone groups is 1. The topological polar surface area (TPSA) is 89.5 Å². The predicted octanol–water partition coefficient (Wildman–Crippen LogP) is 5.02. The molecule has 0 atom stereocenters. The number of aryl methyl sites for hydroxylation is 2. The summed E-state index contributed by atoms with van der Waals surface area (Å²) in [7, 11) is 0. The van der Waals surface area contributed by atoms with E-state index in [1.54, 1.807) is 13.0 Å². The summed E-state index contributed by atoms with van der Waals surface area (Å²) in [6.45, 7) is 5.50. The first-order valence-corrected chi connectivity index (χ1v) is 9.89. The molecule has 3 rings (SSSR count). The number of nitro groups is 1. The Bertz CT molecular complexity index is 1250. The lowest BCUT2D eigenvalue weighted by Crippen LogP contribution is -2.20. The maximum absolute atomic E-state index is 12.8. The number of nitro benzene ring substituents is 1. The van der Waals surface area contributed by atoms with Gasteiger partial charge in [-0.1, -0.05) is 18.2 Å². The number of hydrogen-bond donors (Lipinski definition) is 1. The van der Waals surface area contributed by atoms with E-state index in [0.717, 1.165) is 34.8 Å². The van der Waals surface area contributed by atoms with Crippen LogP contribution in [-0.4, -0.2) is 21.6 Å². The zero-order chi connectivity index (χ0) is 24.3. The molecule has 10 heteroatoms. The van der Waals surface area contributed by atoms with Crippen molar-refractivity contribution in [3.8, 4) is 5.69 Å². The van der Waals surface area contributed by atoms with Crippen molar-refractivity contribution in [2.24, 2.45) is 5.10 Å².